The van der Waals surface area contributed by atoms with Crippen LogP contribution in [0.3, 0.4) is 0 Å². The van der Waals surface area contributed by atoms with E-state index in [-0.39, 0.29) is 47.8 Å². The molecule has 0 amide bonds. The summed E-state index contributed by atoms with van der Waals surface area (Å²) in [4.78, 5) is 25.3. The van der Waals surface area contributed by atoms with Gasteiger partial charge in [0.15, 0.2) is 0 Å². The number of aliphatic hydroxyl groups is 4. The molecule has 0 aliphatic heterocycles. The highest BCUT2D eigenvalue weighted by Crippen LogP contribution is 2.75. The molecule has 0 saturated heterocycles. The summed E-state index contributed by atoms with van der Waals surface area (Å²) in [6.45, 7) is 20.4. The lowest BCUT2D eigenvalue weighted by Gasteiger charge is -2.72. The average Bonchev–Trinajstić information content (AvgIpc) is 2.96. The van der Waals surface area contributed by atoms with Crippen LogP contribution in [-0.2, 0) is 19.1 Å². The van der Waals surface area contributed by atoms with E-state index >= 15 is 0 Å². The van der Waals surface area contributed by atoms with Gasteiger partial charge in [0.2, 0.25) is 0 Å². The highest BCUT2D eigenvalue weighted by molar-refractivity contribution is 5.83. The van der Waals surface area contributed by atoms with Crippen molar-refractivity contribution in [2.24, 2.45) is 50.2 Å². The third-order valence-electron chi connectivity index (χ3n) is 14.7. The molecule has 48 heavy (non-hydrogen) atoms. The molecule has 0 spiro atoms. The smallest absolute Gasteiger partial charge is 0.330 e. The lowest BCUT2D eigenvalue weighted by atomic mass is 9.33. The molecule has 4 fully saturated rings. The van der Waals surface area contributed by atoms with Crippen molar-refractivity contribution in [2.45, 2.75) is 139 Å². The van der Waals surface area contributed by atoms with Gasteiger partial charge in [-0.25, -0.2) is 9.59 Å². The van der Waals surface area contributed by atoms with Gasteiger partial charge in [0.1, 0.15) is 6.61 Å². The van der Waals surface area contributed by atoms with Gasteiger partial charge >= 0.3 is 11.9 Å². The fraction of sp³-hybridized carbons (Fsp3) is 0.800. The van der Waals surface area contributed by atoms with Crippen LogP contribution in [0.5, 0.6) is 0 Å². The molecule has 0 aromatic heterocycles. The van der Waals surface area contributed by atoms with Crippen LogP contribution in [0, 0.1) is 50.2 Å². The minimum absolute atomic E-state index is 0.137. The summed E-state index contributed by atoms with van der Waals surface area (Å²) >= 11 is 0. The van der Waals surface area contributed by atoms with Crippen molar-refractivity contribution < 1.29 is 39.5 Å². The Kier molecular flexibility index (Phi) is 9.58. The summed E-state index contributed by atoms with van der Waals surface area (Å²) in [6, 6.07) is 0. The van der Waals surface area contributed by atoms with Crippen LogP contribution in [0.4, 0.5) is 0 Å². The van der Waals surface area contributed by atoms with Gasteiger partial charge in [0.25, 0.3) is 0 Å². The van der Waals surface area contributed by atoms with Crippen molar-refractivity contribution in [1.29, 1.82) is 0 Å². The SMILES string of the molecule is CC(C)=CC(=O)OC[C@@]12C(CC(C)(C)[C@@H](O)[C@@H]1O)C1=CCC3[C@@]4(C)CC[C@H](O)[C@](C)(COC(=O)C=C(C)C)C4CC[C@@]3(C)[C@]1(C)C[C@H]2O. The van der Waals surface area contributed by atoms with Crippen molar-refractivity contribution in [3.05, 3.63) is 34.9 Å². The van der Waals surface area contributed by atoms with Crippen molar-refractivity contribution in [1.82, 2.24) is 0 Å². The maximum Gasteiger partial charge on any atom is 0.330 e. The molecule has 0 radical (unpaired) electrons. The zero-order valence-corrected chi connectivity index (χ0v) is 31.1. The number of rotatable bonds is 6. The molecule has 5 aliphatic rings. The van der Waals surface area contributed by atoms with E-state index in [1.54, 1.807) is 0 Å². The van der Waals surface area contributed by atoms with Crippen LogP contribution in [0.25, 0.3) is 0 Å². The summed E-state index contributed by atoms with van der Waals surface area (Å²) in [5.74, 6) is -0.795. The molecule has 3 unspecified atom stereocenters. The number of fused-ring (bicyclic) bond motifs is 7. The zero-order chi connectivity index (χ0) is 35.8. The Morgan fingerprint density at radius 2 is 1.35 bits per heavy atom. The molecule has 5 aliphatic carbocycles. The third kappa shape index (κ3) is 5.47. The first-order chi connectivity index (χ1) is 22.1. The van der Waals surface area contributed by atoms with Crippen LogP contribution >= 0.6 is 0 Å². The molecule has 5 rings (SSSR count). The van der Waals surface area contributed by atoms with Gasteiger partial charge in [-0.15, -0.1) is 0 Å². The standard InChI is InChI=1S/C40H62O8/c1-23(2)17-31(43)47-21-37(8)27-13-16-38(9)28(36(27,7)15-14-29(37)41)12-11-25-26-19-35(5,6)33(45)34(46)40(26,30(42)20-39(25,38)10)22-48-32(44)18-24(3)4/h11,17-18,26-30,33-34,41-42,45-46H,12-16,19-22H2,1-10H3/t26?,27?,28?,29-,30+,33-,34-,36-,37+,38+,39+,40-/m0/s1. The van der Waals surface area contributed by atoms with Crippen LogP contribution < -0.4 is 0 Å². The van der Waals surface area contributed by atoms with Gasteiger partial charge in [0, 0.05) is 17.6 Å². The molecule has 4 saturated carbocycles. The van der Waals surface area contributed by atoms with Gasteiger partial charge in [-0.3, -0.25) is 0 Å². The molecular weight excluding hydrogens is 608 g/mol. The number of carbonyl (C=O) groups is 2. The Hall–Kier alpha value is -2.00. The van der Waals surface area contributed by atoms with E-state index in [9.17, 15) is 30.0 Å². The molecule has 0 aromatic carbocycles. The summed E-state index contributed by atoms with van der Waals surface area (Å²) in [6.07, 6.45) is 6.31. The molecule has 4 N–H and O–H groups in total. The topological polar surface area (TPSA) is 134 Å². The summed E-state index contributed by atoms with van der Waals surface area (Å²) in [5, 5.41) is 47.1. The van der Waals surface area contributed by atoms with E-state index in [1.165, 1.54) is 17.7 Å². The minimum Gasteiger partial charge on any atom is -0.462 e. The molecule has 0 heterocycles. The fourth-order valence-electron chi connectivity index (χ4n) is 11.9. The van der Waals surface area contributed by atoms with Crippen molar-refractivity contribution in [3.63, 3.8) is 0 Å². The number of esters is 2. The number of ether oxygens (including phenoxy) is 2. The second-order valence-corrected chi connectivity index (χ2v) is 18.5. The Labute approximate surface area is 288 Å². The molecule has 0 bridgehead atoms. The molecule has 12 atom stereocenters. The normalized spacial score (nSPS) is 46.0. The van der Waals surface area contributed by atoms with Gasteiger partial charge < -0.3 is 29.9 Å². The molecule has 270 valence electrons. The highest BCUT2D eigenvalue weighted by atomic mass is 16.5. The first kappa shape index (κ1) is 37.3. The van der Waals surface area contributed by atoms with Crippen LogP contribution in [0.15, 0.2) is 34.9 Å². The van der Waals surface area contributed by atoms with E-state index in [2.05, 4.69) is 33.8 Å². The second-order valence-electron chi connectivity index (χ2n) is 18.5. The molecular formula is C40H62O8. The molecule has 8 heteroatoms. The fourth-order valence-corrected chi connectivity index (χ4v) is 11.9. The van der Waals surface area contributed by atoms with Crippen LogP contribution in [0.1, 0.15) is 114 Å². The first-order valence-electron chi connectivity index (χ1n) is 18.2. The predicted octanol–water partition coefficient (Wildman–Crippen LogP) is 6.06. The van der Waals surface area contributed by atoms with E-state index < -0.39 is 52.0 Å². The predicted molar refractivity (Wildman–Crippen MR) is 184 cm³/mol. The Morgan fingerprint density at radius 3 is 1.94 bits per heavy atom. The van der Waals surface area contributed by atoms with Gasteiger partial charge in [-0.05, 0) is 112 Å². The van der Waals surface area contributed by atoms with Crippen molar-refractivity contribution in [3.8, 4) is 0 Å². The van der Waals surface area contributed by atoms with E-state index in [0.29, 0.717) is 19.3 Å². The van der Waals surface area contributed by atoms with Gasteiger partial charge in [-0.2, -0.15) is 0 Å². The summed E-state index contributed by atoms with van der Waals surface area (Å²) in [7, 11) is 0. The van der Waals surface area contributed by atoms with Gasteiger partial charge in [-0.1, -0.05) is 64.3 Å². The quantitative estimate of drug-likeness (QED) is 0.152. The Morgan fingerprint density at radius 1 is 0.771 bits per heavy atom. The lowest BCUT2D eigenvalue weighted by Crippen LogP contribution is -2.72. The largest absolute Gasteiger partial charge is 0.462 e. The Bertz CT molecular complexity index is 1390. The lowest BCUT2D eigenvalue weighted by molar-refractivity contribution is -0.260. The summed E-state index contributed by atoms with van der Waals surface area (Å²) in [5.41, 5.74) is -0.334. The van der Waals surface area contributed by atoms with Crippen molar-refractivity contribution in [2.75, 3.05) is 13.2 Å². The number of hydrogen-bond acceptors (Lipinski definition) is 8. The number of carbonyl (C=O) groups excluding carboxylic acids is 2. The van der Waals surface area contributed by atoms with Crippen LogP contribution in [-0.4, -0.2) is 70.0 Å². The zero-order valence-electron chi connectivity index (χ0n) is 31.1. The summed E-state index contributed by atoms with van der Waals surface area (Å²) < 4.78 is 11.6. The maximum atomic E-state index is 12.8. The molecule has 0 aromatic rings. The number of aliphatic hydroxyl groups excluding tert-OH is 4. The minimum atomic E-state index is -1.28. The van der Waals surface area contributed by atoms with Crippen LogP contribution in [0.2, 0.25) is 0 Å². The van der Waals surface area contributed by atoms with Gasteiger partial charge in [0.05, 0.1) is 36.4 Å². The number of allylic oxidation sites excluding steroid dienone is 4. The highest BCUT2D eigenvalue weighted by Gasteiger charge is 2.72. The third-order valence-corrected chi connectivity index (χ3v) is 14.7. The second kappa shape index (κ2) is 12.3. The first-order valence-corrected chi connectivity index (χ1v) is 18.2. The maximum absolute atomic E-state index is 12.8. The molecule has 8 nitrogen and oxygen atoms in total. The average molecular weight is 671 g/mol. The van der Waals surface area contributed by atoms with E-state index in [4.69, 9.17) is 9.47 Å². The monoisotopic (exact) mass is 670 g/mol. The Balaban J connectivity index is 1.55. The van der Waals surface area contributed by atoms with E-state index in [0.717, 1.165) is 36.8 Å². The number of hydrogen-bond donors (Lipinski definition) is 4. The van der Waals surface area contributed by atoms with Crippen molar-refractivity contribution >= 4 is 11.9 Å². The van der Waals surface area contributed by atoms with E-state index in [1.807, 2.05) is 41.5 Å².